The normalized spacial score (nSPS) is 24.3. The van der Waals surface area contributed by atoms with Crippen LogP contribution in [-0.4, -0.2) is 63.5 Å². The van der Waals surface area contributed by atoms with E-state index in [0.717, 1.165) is 69.2 Å². The fourth-order valence-electron chi connectivity index (χ4n) is 6.09. The van der Waals surface area contributed by atoms with E-state index in [1.807, 2.05) is 11.0 Å². The Morgan fingerprint density at radius 3 is 2.56 bits per heavy atom. The molecule has 1 unspecified atom stereocenters. The van der Waals surface area contributed by atoms with E-state index < -0.39 is 5.54 Å². The molecule has 1 amide bonds. The molecule has 9 heteroatoms. The van der Waals surface area contributed by atoms with Crippen LogP contribution in [0.3, 0.4) is 0 Å². The van der Waals surface area contributed by atoms with Gasteiger partial charge in [-0.1, -0.05) is 6.42 Å². The van der Waals surface area contributed by atoms with Crippen molar-refractivity contribution in [3.63, 3.8) is 0 Å². The maximum Gasteiger partial charge on any atom is 0.243 e. The molecule has 1 spiro atoms. The van der Waals surface area contributed by atoms with Gasteiger partial charge in [0.2, 0.25) is 5.91 Å². The van der Waals surface area contributed by atoms with Gasteiger partial charge in [-0.25, -0.2) is 15.0 Å². The van der Waals surface area contributed by atoms with Crippen LogP contribution >= 0.6 is 0 Å². The molecule has 34 heavy (non-hydrogen) atoms. The van der Waals surface area contributed by atoms with E-state index in [9.17, 15) is 10.1 Å². The Morgan fingerprint density at radius 2 is 1.91 bits per heavy atom. The van der Waals surface area contributed by atoms with Crippen LogP contribution < -0.4 is 15.5 Å². The summed E-state index contributed by atoms with van der Waals surface area (Å²) < 4.78 is 0. The molecule has 1 atom stereocenters. The molecule has 2 aromatic rings. The lowest BCUT2D eigenvalue weighted by Crippen LogP contribution is -2.65. The number of carbonyl (C=O) groups excluding carboxylic acids is 1. The number of fused-ring (bicyclic) bond motifs is 2. The van der Waals surface area contributed by atoms with Gasteiger partial charge in [0.25, 0.3) is 0 Å². The number of pyridine rings is 1. The summed E-state index contributed by atoms with van der Waals surface area (Å²) >= 11 is 0. The van der Waals surface area contributed by atoms with Gasteiger partial charge in [-0.05, 0) is 51.2 Å². The van der Waals surface area contributed by atoms with Crippen molar-refractivity contribution in [1.29, 1.82) is 5.26 Å². The van der Waals surface area contributed by atoms with Crippen molar-refractivity contribution >= 4 is 23.4 Å². The van der Waals surface area contributed by atoms with Gasteiger partial charge < -0.3 is 20.4 Å². The largest absolute Gasteiger partial charge is 0.352 e. The molecule has 1 saturated heterocycles. The minimum Gasteiger partial charge on any atom is -0.352 e. The topological polar surface area (TPSA) is 115 Å². The third kappa shape index (κ3) is 3.08. The van der Waals surface area contributed by atoms with E-state index in [-0.39, 0.29) is 17.4 Å². The van der Waals surface area contributed by atoms with Gasteiger partial charge in [0, 0.05) is 49.4 Å². The first-order valence-corrected chi connectivity index (χ1v) is 12.3. The number of piperazine rings is 1. The molecule has 4 aliphatic rings. The number of anilines is 3. The van der Waals surface area contributed by atoms with E-state index in [2.05, 4.69) is 27.8 Å². The van der Waals surface area contributed by atoms with Crippen molar-refractivity contribution in [1.82, 2.24) is 19.9 Å². The first-order valence-electron chi connectivity index (χ1n) is 12.3. The zero-order chi connectivity index (χ0) is 23.5. The number of amides is 1. The average Bonchev–Trinajstić information content (AvgIpc) is 3.18. The molecule has 6 rings (SSSR count). The van der Waals surface area contributed by atoms with Gasteiger partial charge in [-0.3, -0.25) is 4.79 Å². The quantitative estimate of drug-likeness (QED) is 0.745. The van der Waals surface area contributed by atoms with Crippen LogP contribution in [0.2, 0.25) is 0 Å². The molecule has 9 nitrogen and oxygen atoms in total. The summed E-state index contributed by atoms with van der Waals surface area (Å²) in [5, 5.41) is 9.37. The van der Waals surface area contributed by atoms with Crippen LogP contribution in [0, 0.1) is 11.3 Å². The summed E-state index contributed by atoms with van der Waals surface area (Å²) in [6.45, 7) is 5.02. The van der Waals surface area contributed by atoms with E-state index in [4.69, 9.17) is 15.7 Å². The monoisotopic (exact) mass is 458 g/mol. The van der Waals surface area contributed by atoms with Crippen molar-refractivity contribution in [2.75, 3.05) is 36.0 Å². The van der Waals surface area contributed by atoms with Crippen molar-refractivity contribution in [3.05, 3.63) is 35.8 Å². The number of carbonyl (C=O) groups is 1. The lowest BCUT2D eigenvalue weighted by Gasteiger charge is -2.47. The Hall–Kier alpha value is -3.25. The highest BCUT2D eigenvalue weighted by Gasteiger charge is 2.52. The van der Waals surface area contributed by atoms with Crippen LogP contribution in [-0.2, 0) is 10.2 Å². The van der Waals surface area contributed by atoms with Gasteiger partial charge in [-0.15, -0.1) is 0 Å². The number of nitrogens with zero attached hydrogens (tertiary/aromatic N) is 7. The predicted molar refractivity (Wildman–Crippen MR) is 128 cm³/mol. The summed E-state index contributed by atoms with van der Waals surface area (Å²) in [6, 6.07) is 5.84. The van der Waals surface area contributed by atoms with E-state index in [1.165, 1.54) is 12.0 Å². The van der Waals surface area contributed by atoms with Crippen molar-refractivity contribution in [2.24, 2.45) is 5.73 Å². The molecule has 0 radical (unpaired) electrons. The average molecular weight is 459 g/mol. The standard InChI is InChI=1S/C25H30N8O/c1-17-14-31(10-11-32(17)23(34)25(27)7-3-8-25)21-20-22(30-16-29-21)33(15-24(20)5-2-6-24)19-12-18(13-26)4-9-28-19/h4,9,12,16-17H,2-3,5-8,10-11,14-15,27H2,1H3. The predicted octanol–water partition coefficient (Wildman–Crippen LogP) is 2.24. The smallest absolute Gasteiger partial charge is 0.243 e. The summed E-state index contributed by atoms with van der Waals surface area (Å²) in [5.41, 5.74) is 7.50. The van der Waals surface area contributed by atoms with Crippen LogP contribution in [0.5, 0.6) is 0 Å². The molecule has 3 fully saturated rings. The zero-order valence-electron chi connectivity index (χ0n) is 19.6. The summed E-state index contributed by atoms with van der Waals surface area (Å²) in [6.07, 6.45) is 9.31. The third-order valence-electron chi connectivity index (χ3n) is 8.38. The SMILES string of the molecule is CC1CN(c2ncnc3c2C2(CCC2)CN3c2cc(C#N)ccn2)CCN1C(=O)C1(N)CCC1. The maximum absolute atomic E-state index is 13.1. The highest BCUT2D eigenvalue weighted by molar-refractivity contribution is 5.87. The highest BCUT2D eigenvalue weighted by Crippen LogP contribution is 2.56. The number of nitriles is 1. The Balaban J connectivity index is 1.32. The van der Waals surface area contributed by atoms with Crippen LogP contribution in [0.1, 0.15) is 56.6 Å². The molecule has 2 aromatic heterocycles. The minimum atomic E-state index is -0.659. The Labute approximate surface area is 199 Å². The van der Waals surface area contributed by atoms with Crippen LogP contribution in [0.15, 0.2) is 24.7 Å². The molecule has 2 aliphatic heterocycles. The van der Waals surface area contributed by atoms with Gasteiger partial charge in [0.15, 0.2) is 0 Å². The zero-order valence-corrected chi connectivity index (χ0v) is 19.6. The Morgan fingerprint density at radius 1 is 1.15 bits per heavy atom. The summed E-state index contributed by atoms with van der Waals surface area (Å²) in [7, 11) is 0. The highest BCUT2D eigenvalue weighted by atomic mass is 16.2. The maximum atomic E-state index is 13.1. The second-order valence-corrected chi connectivity index (χ2v) is 10.4. The first-order chi connectivity index (χ1) is 16.4. The summed E-state index contributed by atoms with van der Waals surface area (Å²) in [5.74, 6) is 2.73. The van der Waals surface area contributed by atoms with E-state index in [1.54, 1.807) is 18.6 Å². The fourth-order valence-corrected chi connectivity index (χ4v) is 6.09. The second-order valence-electron chi connectivity index (χ2n) is 10.4. The van der Waals surface area contributed by atoms with Gasteiger partial charge >= 0.3 is 0 Å². The molecule has 0 bridgehead atoms. The molecule has 176 valence electrons. The number of hydrogen-bond donors (Lipinski definition) is 1. The number of rotatable bonds is 3. The molecule has 4 heterocycles. The first kappa shape index (κ1) is 21.3. The number of hydrogen-bond acceptors (Lipinski definition) is 8. The second kappa shape index (κ2) is 7.64. The van der Waals surface area contributed by atoms with Gasteiger partial charge in [0.1, 0.15) is 23.8 Å². The molecule has 2 aliphatic carbocycles. The minimum absolute atomic E-state index is 0.0136. The van der Waals surface area contributed by atoms with Gasteiger partial charge in [0.05, 0.1) is 17.2 Å². The molecular formula is C25H30N8O. The van der Waals surface area contributed by atoms with E-state index in [0.29, 0.717) is 12.1 Å². The molecule has 2 N–H and O–H groups in total. The van der Waals surface area contributed by atoms with Crippen molar-refractivity contribution in [2.45, 2.75) is 62.4 Å². The molecular weight excluding hydrogens is 428 g/mol. The number of aromatic nitrogens is 3. The van der Waals surface area contributed by atoms with Crippen molar-refractivity contribution in [3.8, 4) is 6.07 Å². The Kier molecular flexibility index (Phi) is 4.78. The summed E-state index contributed by atoms with van der Waals surface area (Å²) in [4.78, 5) is 33.6. The van der Waals surface area contributed by atoms with Crippen LogP contribution in [0.4, 0.5) is 17.5 Å². The van der Waals surface area contributed by atoms with Crippen LogP contribution in [0.25, 0.3) is 0 Å². The molecule has 0 aromatic carbocycles. The third-order valence-corrected chi connectivity index (χ3v) is 8.38. The fraction of sp³-hybridized carbons (Fsp3) is 0.560. The van der Waals surface area contributed by atoms with Gasteiger partial charge in [-0.2, -0.15) is 5.26 Å². The number of nitrogens with two attached hydrogens (primary N) is 1. The van der Waals surface area contributed by atoms with E-state index >= 15 is 0 Å². The Bertz CT molecular complexity index is 1180. The lowest BCUT2D eigenvalue weighted by molar-refractivity contribution is -0.142. The molecule has 2 saturated carbocycles. The van der Waals surface area contributed by atoms with Crippen molar-refractivity contribution < 1.29 is 4.79 Å². The lowest BCUT2D eigenvalue weighted by atomic mass is 9.66.